The number of aromatic nitrogens is 1. The second kappa shape index (κ2) is 17.6. The highest BCUT2D eigenvalue weighted by Crippen LogP contribution is 2.34. The number of carbonyl (C=O) groups excluding carboxylic acids is 3. The molecular formula is C38H47FN6O3S. The second-order valence-electron chi connectivity index (χ2n) is 12.7. The van der Waals surface area contributed by atoms with Crippen LogP contribution in [0.2, 0.25) is 0 Å². The number of amides is 2. The molecule has 1 aliphatic rings. The van der Waals surface area contributed by atoms with Gasteiger partial charge in [-0.3, -0.25) is 14.4 Å². The zero-order chi connectivity index (χ0) is 34.8. The molecule has 49 heavy (non-hydrogen) atoms. The van der Waals surface area contributed by atoms with Gasteiger partial charge in [-0.25, -0.2) is 4.39 Å². The van der Waals surface area contributed by atoms with Crippen molar-refractivity contribution in [3.8, 4) is 0 Å². The first-order valence-electron chi connectivity index (χ1n) is 17.1. The number of rotatable bonds is 9. The molecule has 4 aromatic rings. The number of nitrogens with one attached hydrogen (secondary N) is 3. The summed E-state index contributed by atoms with van der Waals surface area (Å²) in [4.78, 5) is 48.9. The molecule has 0 aliphatic carbocycles. The van der Waals surface area contributed by atoms with Crippen LogP contribution < -0.4 is 22.1 Å². The number of fused-ring (bicyclic) bond motifs is 3. The van der Waals surface area contributed by atoms with Crippen LogP contribution in [0.3, 0.4) is 0 Å². The standard InChI is InChI=1S/C38H47FN6O3S/c1-45-33(20-27-23-42-31-14-4-3-12-28(27)31)37(47)44-22-26-11-2-5-16-35(26)49-36-17-8-13-30(39)29(36)24-43-32(15-9-19-41)34(46)21-25(38(45)48)10-6-7-18-40/h2-5,8,11-14,16-17,23,25,32-33,42-43H,6-7,9-10,15,18-22,24,40-41H2,1H3,(H,44,47)/t25-,32+,33+/m1/s1. The lowest BCUT2D eigenvalue weighted by molar-refractivity contribution is -0.143. The van der Waals surface area contributed by atoms with Gasteiger partial charge in [0.1, 0.15) is 11.9 Å². The van der Waals surface area contributed by atoms with Gasteiger partial charge >= 0.3 is 0 Å². The highest BCUT2D eigenvalue weighted by atomic mass is 32.2. The third-order valence-electron chi connectivity index (χ3n) is 9.34. The highest BCUT2D eigenvalue weighted by molar-refractivity contribution is 7.99. The van der Waals surface area contributed by atoms with Crippen molar-refractivity contribution >= 4 is 40.3 Å². The van der Waals surface area contributed by atoms with E-state index >= 15 is 4.39 Å². The lowest BCUT2D eigenvalue weighted by atomic mass is 9.90. The third kappa shape index (κ3) is 9.16. The van der Waals surface area contributed by atoms with E-state index in [1.807, 2.05) is 60.8 Å². The maximum atomic E-state index is 15.4. The molecule has 2 amide bonds. The molecule has 0 radical (unpaired) electrons. The van der Waals surface area contributed by atoms with Crippen molar-refractivity contribution in [2.75, 3.05) is 20.1 Å². The van der Waals surface area contributed by atoms with Crippen LogP contribution in [0.1, 0.15) is 55.2 Å². The molecular weight excluding hydrogens is 640 g/mol. The number of aromatic amines is 1. The number of Topliss-reactive ketones (excluding diaryl/α,β-unsaturated/α-hetero) is 1. The largest absolute Gasteiger partial charge is 0.361 e. The van der Waals surface area contributed by atoms with Crippen LogP contribution in [0.4, 0.5) is 4.39 Å². The molecule has 0 fully saturated rings. The predicted molar refractivity (Wildman–Crippen MR) is 192 cm³/mol. The fourth-order valence-electron chi connectivity index (χ4n) is 6.49. The molecule has 7 N–H and O–H groups in total. The summed E-state index contributed by atoms with van der Waals surface area (Å²) >= 11 is 1.42. The minimum atomic E-state index is -0.838. The molecule has 0 unspecified atom stereocenters. The summed E-state index contributed by atoms with van der Waals surface area (Å²) < 4.78 is 15.4. The number of para-hydroxylation sites is 1. The van der Waals surface area contributed by atoms with Gasteiger partial charge in [0.25, 0.3) is 0 Å². The molecule has 0 bridgehead atoms. The Balaban J connectivity index is 1.55. The molecule has 3 atom stereocenters. The predicted octanol–water partition coefficient (Wildman–Crippen LogP) is 5.06. The number of hydrogen-bond acceptors (Lipinski definition) is 7. The van der Waals surface area contributed by atoms with Crippen molar-refractivity contribution in [3.63, 3.8) is 0 Å². The lowest BCUT2D eigenvalue weighted by Gasteiger charge is -2.31. The number of nitrogens with two attached hydrogens (primary N) is 2. The van der Waals surface area contributed by atoms with Crippen LogP contribution in [-0.4, -0.2) is 59.7 Å². The molecule has 11 heteroatoms. The Morgan fingerprint density at radius 2 is 1.63 bits per heavy atom. The van der Waals surface area contributed by atoms with Gasteiger partial charge in [-0.1, -0.05) is 60.6 Å². The van der Waals surface area contributed by atoms with E-state index in [1.54, 1.807) is 13.1 Å². The van der Waals surface area contributed by atoms with E-state index in [4.69, 9.17) is 11.5 Å². The number of H-pyrrole nitrogens is 1. The number of halogens is 1. The van der Waals surface area contributed by atoms with E-state index in [2.05, 4.69) is 15.6 Å². The summed E-state index contributed by atoms with van der Waals surface area (Å²) in [5.41, 5.74) is 14.8. The number of carbonyl (C=O) groups is 3. The number of unbranched alkanes of at least 4 members (excludes halogenated alkanes) is 1. The zero-order valence-corrected chi connectivity index (χ0v) is 28.9. The van der Waals surface area contributed by atoms with E-state index in [1.165, 1.54) is 22.7 Å². The Kier molecular flexibility index (Phi) is 13.0. The van der Waals surface area contributed by atoms with Crippen LogP contribution in [0.25, 0.3) is 10.9 Å². The Morgan fingerprint density at radius 3 is 2.45 bits per heavy atom. The minimum absolute atomic E-state index is 0.0122. The summed E-state index contributed by atoms with van der Waals surface area (Å²) in [5.74, 6) is -1.72. The van der Waals surface area contributed by atoms with Gasteiger partial charge in [0.15, 0.2) is 5.78 Å². The van der Waals surface area contributed by atoms with E-state index in [-0.39, 0.29) is 49.3 Å². The van der Waals surface area contributed by atoms with Gasteiger partial charge in [0.05, 0.1) is 6.04 Å². The van der Waals surface area contributed by atoms with E-state index in [0.29, 0.717) is 55.7 Å². The van der Waals surface area contributed by atoms with Crippen LogP contribution in [0, 0.1) is 11.7 Å². The maximum absolute atomic E-state index is 15.4. The first-order valence-corrected chi connectivity index (χ1v) is 17.9. The molecule has 260 valence electrons. The summed E-state index contributed by atoms with van der Waals surface area (Å²) in [6.45, 7) is 1.22. The van der Waals surface area contributed by atoms with E-state index < -0.39 is 18.0 Å². The quantitative estimate of drug-likeness (QED) is 0.155. The molecule has 0 saturated carbocycles. The second-order valence-corrected chi connectivity index (χ2v) is 13.8. The Labute approximate surface area is 291 Å². The molecule has 5 rings (SSSR count). The Morgan fingerprint density at radius 1 is 0.878 bits per heavy atom. The minimum Gasteiger partial charge on any atom is -0.361 e. The summed E-state index contributed by atoms with van der Waals surface area (Å²) in [5, 5.41) is 7.40. The lowest BCUT2D eigenvalue weighted by Crippen LogP contribution is -2.51. The zero-order valence-electron chi connectivity index (χ0n) is 28.1. The Hall–Kier alpha value is -4.03. The first-order chi connectivity index (χ1) is 23.8. The van der Waals surface area contributed by atoms with Gasteiger partial charge in [-0.15, -0.1) is 0 Å². The van der Waals surface area contributed by atoms with Gasteiger partial charge in [0, 0.05) is 71.4 Å². The molecule has 0 saturated heterocycles. The van der Waals surface area contributed by atoms with Crippen LogP contribution in [0.5, 0.6) is 0 Å². The van der Waals surface area contributed by atoms with Gasteiger partial charge < -0.3 is 32.0 Å². The van der Waals surface area contributed by atoms with Gasteiger partial charge in [0.2, 0.25) is 11.8 Å². The van der Waals surface area contributed by atoms with Crippen LogP contribution in [-0.2, 0) is 33.9 Å². The summed E-state index contributed by atoms with van der Waals surface area (Å²) in [7, 11) is 1.66. The molecule has 0 spiro atoms. The third-order valence-corrected chi connectivity index (χ3v) is 10.6. The van der Waals surface area contributed by atoms with Crippen LogP contribution >= 0.6 is 11.8 Å². The number of hydrogen-bond donors (Lipinski definition) is 5. The van der Waals surface area contributed by atoms with Gasteiger partial charge in [-0.2, -0.15) is 0 Å². The monoisotopic (exact) mass is 686 g/mol. The molecule has 3 aromatic carbocycles. The SMILES string of the molecule is CN1C(=O)[C@H](CCCCN)CC(=O)[C@H](CCCN)NCc2c(F)cccc2Sc2ccccc2CNC(=O)[C@@H]1Cc1c[nH]c2ccccc12. The molecule has 1 aliphatic heterocycles. The van der Waals surface area contributed by atoms with Crippen molar-refractivity contribution in [2.24, 2.45) is 17.4 Å². The molecule has 9 nitrogen and oxygen atoms in total. The van der Waals surface area contributed by atoms with Crippen molar-refractivity contribution in [1.29, 1.82) is 0 Å². The number of nitrogens with zero attached hydrogens (tertiary/aromatic N) is 1. The number of ketones is 1. The average molecular weight is 687 g/mol. The van der Waals surface area contributed by atoms with Gasteiger partial charge in [-0.05, 0) is 74.2 Å². The highest BCUT2D eigenvalue weighted by Gasteiger charge is 2.34. The van der Waals surface area contributed by atoms with Crippen molar-refractivity contribution < 1.29 is 18.8 Å². The maximum Gasteiger partial charge on any atom is 0.243 e. The molecule has 2 heterocycles. The number of likely N-dealkylation sites (N-methyl/N-ethyl adjacent to an activating group) is 1. The molecule has 1 aromatic heterocycles. The fraction of sp³-hybridized carbons (Fsp3) is 0.395. The Bertz CT molecular complexity index is 1750. The van der Waals surface area contributed by atoms with Crippen molar-refractivity contribution in [1.82, 2.24) is 20.5 Å². The van der Waals surface area contributed by atoms with E-state index in [0.717, 1.165) is 26.9 Å². The van der Waals surface area contributed by atoms with Crippen molar-refractivity contribution in [2.45, 2.75) is 79.9 Å². The van der Waals surface area contributed by atoms with E-state index in [9.17, 15) is 14.4 Å². The average Bonchev–Trinajstić information content (AvgIpc) is 3.52. The van der Waals surface area contributed by atoms with Crippen LogP contribution in [0.15, 0.2) is 82.7 Å². The first kappa shape index (κ1) is 36.3. The normalized spacial score (nSPS) is 19.7. The summed E-state index contributed by atoms with van der Waals surface area (Å²) in [6.07, 6.45) is 5.04. The number of benzene rings is 3. The smallest absolute Gasteiger partial charge is 0.243 e. The summed E-state index contributed by atoms with van der Waals surface area (Å²) in [6, 6.07) is 19.1. The topological polar surface area (TPSA) is 146 Å². The fourth-order valence-corrected chi connectivity index (χ4v) is 7.58. The van der Waals surface area contributed by atoms with Crippen molar-refractivity contribution in [3.05, 3.63) is 95.4 Å².